The van der Waals surface area contributed by atoms with Gasteiger partial charge < -0.3 is 10.3 Å². The molecule has 0 aromatic carbocycles. The van der Waals surface area contributed by atoms with Crippen molar-refractivity contribution in [1.82, 2.24) is 5.16 Å². The van der Waals surface area contributed by atoms with Gasteiger partial charge in [-0.2, -0.15) is 0 Å². The molecule has 1 aromatic heterocycles. The predicted octanol–water partition coefficient (Wildman–Crippen LogP) is 1.68. The summed E-state index contributed by atoms with van der Waals surface area (Å²) in [7, 11) is 0. The van der Waals surface area contributed by atoms with E-state index in [-0.39, 0.29) is 11.6 Å². The van der Waals surface area contributed by atoms with Crippen molar-refractivity contribution in [3.05, 3.63) is 17.0 Å². The van der Waals surface area contributed by atoms with Gasteiger partial charge in [-0.1, -0.05) is 11.6 Å². The maximum atomic E-state index is 12.3. The van der Waals surface area contributed by atoms with Crippen molar-refractivity contribution in [2.24, 2.45) is 5.73 Å². The zero-order valence-corrected chi connectivity index (χ0v) is 10.3. The SMILES string of the molecule is N=C(N)c1noc2c1CCC[C@@]21CCCCC1=O. The third-order valence-electron chi connectivity index (χ3n) is 4.30. The summed E-state index contributed by atoms with van der Waals surface area (Å²) < 4.78 is 5.42. The molecule has 1 fully saturated rings. The summed E-state index contributed by atoms with van der Waals surface area (Å²) in [6.45, 7) is 0. The minimum atomic E-state index is -0.466. The van der Waals surface area contributed by atoms with Gasteiger partial charge in [-0.15, -0.1) is 0 Å². The van der Waals surface area contributed by atoms with E-state index in [1.165, 1.54) is 0 Å². The van der Waals surface area contributed by atoms with Gasteiger partial charge in [0.1, 0.15) is 11.6 Å². The molecule has 2 aliphatic rings. The Labute approximate surface area is 105 Å². The zero-order chi connectivity index (χ0) is 12.8. The molecule has 1 heterocycles. The lowest BCUT2D eigenvalue weighted by atomic mass is 9.64. The molecule has 2 aliphatic carbocycles. The molecule has 1 saturated carbocycles. The molecule has 3 N–H and O–H groups in total. The van der Waals surface area contributed by atoms with Crippen LogP contribution >= 0.6 is 0 Å². The van der Waals surface area contributed by atoms with Crippen LogP contribution in [0, 0.1) is 5.41 Å². The molecule has 0 saturated heterocycles. The number of hydrogen-bond acceptors (Lipinski definition) is 4. The number of nitrogens with one attached hydrogen (secondary N) is 1. The van der Waals surface area contributed by atoms with Crippen LogP contribution in [-0.4, -0.2) is 16.8 Å². The van der Waals surface area contributed by atoms with Gasteiger partial charge in [0.05, 0.1) is 5.41 Å². The molecule has 0 amide bonds. The minimum Gasteiger partial charge on any atom is -0.382 e. The monoisotopic (exact) mass is 247 g/mol. The van der Waals surface area contributed by atoms with E-state index in [0.29, 0.717) is 17.9 Å². The lowest BCUT2D eigenvalue weighted by molar-refractivity contribution is -0.128. The number of carbonyl (C=O) groups excluding carboxylic acids is 1. The first-order chi connectivity index (χ1) is 8.65. The topological polar surface area (TPSA) is 93.0 Å². The minimum absolute atomic E-state index is 0.0692. The number of aromatic nitrogens is 1. The van der Waals surface area contributed by atoms with E-state index >= 15 is 0 Å². The molecule has 0 bridgehead atoms. The van der Waals surface area contributed by atoms with Crippen LogP contribution in [0.4, 0.5) is 0 Å². The number of amidine groups is 1. The molecule has 0 radical (unpaired) electrons. The zero-order valence-electron chi connectivity index (χ0n) is 10.3. The molecule has 1 aromatic rings. The number of carbonyl (C=O) groups is 1. The first-order valence-corrected chi connectivity index (χ1v) is 6.52. The number of rotatable bonds is 1. The second-order valence-electron chi connectivity index (χ2n) is 5.32. The van der Waals surface area contributed by atoms with Gasteiger partial charge in [-0.3, -0.25) is 10.2 Å². The van der Waals surface area contributed by atoms with Crippen LogP contribution in [0.1, 0.15) is 55.5 Å². The Morgan fingerprint density at radius 2 is 2.06 bits per heavy atom. The maximum Gasteiger partial charge on any atom is 0.154 e. The average Bonchev–Trinajstić information content (AvgIpc) is 2.78. The van der Waals surface area contributed by atoms with Gasteiger partial charge in [0.25, 0.3) is 0 Å². The number of hydrogen-bond donors (Lipinski definition) is 2. The average molecular weight is 247 g/mol. The highest BCUT2D eigenvalue weighted by atomic mass is 16.5. The fraction of sp³-hybridized carbons (Fsp3) is 0.615. The second-order valence-corrected chi connectivity index (χ2v) is 5.32. The van der Waals surface area contributed by atoms with Gasteiger partial charge in [0.2, 0.25) is 0 Å². The Kier molecular flexibility index (Phi) is 2.50. The van der Waals surface area contributed by atoms with Gasteiger partial charge in [0.15, 0.2) is 11.5 Å². The lowest BCUT2D eigenvalue weighted by Crippen LogP contribution is -2.41. The van der Waals surface area contributed by atoms with Crippen molar-refractivity contribution >= 4 is 11.6 Å². The first kappa shape index (κ1) is 11.4. The normalized spacial score (nSPS) is 27.2. The number of ketones is 1. The van der Waals surface area contributed by atoms with Gasteiger partial charge in [0, 0.05) is 12.0 Å². The maximum absolute atomic E-state index is 12.3. The second kappa shape index (κ2) is 3.93. The smallest absolute Gasteiger partial charge is 0.154 e. The van der Waals surface area contributed by atoms with Gasteiger partial charge >= 0.3 is 0 Å². The van der Waals surface area contributed by atoms with E-state index in [0.717, 1.165) is 44.1 Å². The number of nitrogens with two attached hydrogens (primary N) is 1. The molecule has 1 atom stereocenters. The van der Waals surface area contributed by atoms with Crippen LogP contribution in [0.5, 0.6) is 0 Å². The van der Waals surface area contributed by atoms with Crippen LogP contribution in [0.3, 0.4) is 0 Å². The third kappa shape index (κ3) is 1.43. The Balaban J connectivity index is 2.12. The summed E-state index contributed by atoms with van der Waals surface area (Å²) in [5.41, 5.74) is 6.37. The lowest BCUT2D eigenvalue weighted by Gasteiger charge is -2.36. The standard InChI is InChI=1S/C13H17N3O2/c14-12(15)10-8-4-3-7-13(11(8)18-16-10)6-2-1-5-9(13)17/h1-7H2,(H3,14,15)/t13-/m1/s1. The van der Waals surface area contributed by atoms with Crippen LogP contribution in [0.2, 0.25) is 0 Å². The summed E-state index contributed by atoms with van der Waals surface area (Å²) in [5.74, 6) is 0.907. The molecule has 5 nitrogen and oxygen atoms in total. The highest BCUT2D eigenvalue weighted by Crippen LogP contribution is 2.46. The Morgan fingerprint density at radius 3 is 2.78 bits per heavy atom. The van der Waals surface area contributed by atoms with Gasteiger partial charge in [-0.05, 0) is 32.1 Å². The summed E-state index contributed by atoms with van der Waals surface area (Å²) in [6.07, 6.45) is 6.13. The van der Waals surface area contributed by atoms with Gasteiger partial charge in [-0.25, -0.2) is 0 Å². The first-order valence-electron chi connectivity index (χ1n) is 6.52. The Bertz CT molecular complexity index is 520. The van der Waals surface area contributed by atoms with Crippen molar-refractivity contribution in [3.8, 4) is 0 Å². The molecule has 1 spiro atoms. The van der Waals surface area contributed by atoms with Crippen molar-refractivity contribution in [3.63, 3.8) is 0 Å². The molecule has 96 valence electrons. The molecular weight excluding hydrogens is 230 g/mol. The Hall–Kier alpha value is -1.65. The number of fused-ring (bicyclic) bond motifs is 2. The summed E-state index contributed by atoms with van der Waals surface area (Å²) in [5, 5.41) is 11.4. The summed E-state index contributed by atoms with van der Waals surface area (Å²) in [4.78, 5) is 12.3. The molecule has 5 heteroatoms. The van der Waals surface area contributed by atoms with E-state index in [2.05, 4.69) is 5.16 Å². The van der Waals surface area contributed by atoms with Crippen LogP contribution < -0.4 is 5.73 Å². The van der Waals surface area contributed by atoms with Crippen molar-refractivity contribution in [1.29, 1.82) is 5.41 Å². The van der Waals surface area contributed by atoms with Crippen molar-refractivity contribution in [2.45, 2.75) is 50.4 Å². The van der Waals surface area contributed by atoms with Crippen LogP contribution in [-0.2, 0) is 16.6 Å². The fourth-order valence-corrected chi connectivity index (χ4v) is 3.40. The number of nitrogens with zero attached hydrogens (tertiary/aromatic N) is 1. The molecule has 0 aliphatic heterocycles. The van der Waals surface area contributed by atoms with E-state index in [1.807, 2.05) is 0 Å². The number of nitrogen functional groups attached to an aromatic ring is 1. The highest BCUT2D eigenvalue weighted by molar-refractivity contribution is 5.96. The highest BCUT2D eigenvalue weighted by Gasteiger charge is 2.48. The van der Waals surface area contributed by atoms with Crippen molar-refractivity contribution < 1.29 is 9.32 Å². The molecule has 18 heavy (non-hydrogen) atoms. The largest absolute Gasteiger partial charge is 0.382 e. The molecule has 3 rings (SSSR count). The Morgan fingerprint density at radius 1 is 1.28 bits per heavy atom. The van der Waals surface area contributed by atoms with E-state index < -0.39 is 5.41 Å². The summed E-state index contributed by atoms with van der Waals surface area (Å²) in [6, 6.07) is 0. The molecular formula is C13H17N3O2. The van der Waals surface area contributed by atoms with Crippen LogP contribution in [0.15, 0.2) is 4.52 Å². The number of Topliss-reactive ketones (excluding diaryl/α,β-unsaturated/α-hetero) is 1. The summed E-state index contributed by atoms with van der Waals surface area (Å²) >= 11 is 0. The van der Waals surface area contributed by atoms with E-state index in [4.69, 9.17) is 15.7 Å². The van der Waals surface area contributed by atoms with Crippen LogP contribution in [0.25, 0.3) is 0 Å². The van der Waals surface area contributed by atoms with E-state index in [1.54, 1.807) is 0 Å². The fourth-order valence-electron chi connectivity index (χ4n) is 3.40. The van der Waals surface area contributed by atoms with Crippen molar-refractivity contribution in [2.75, 3.05) is 0 Å². The van der Waals surface area contributed by atoms with E-state index in [9.17, 15) is 4.79 Å². The third-order valence-corrected chi connectivity index (χ3v) is 4.30. The molecule has 0 unspecified atom stereocenters. The predicted molar refractivity (Wildman–Crippen MR) is 65.6 cm³/mol. The quantitative estimate of drug-likeness (QED) is 0.583.